The third kappa shape index (κ3) is 7.11. The van der Waals surface area contributed by atoms with Gasteiger partial charge in [-0.2, -0.15) is 11.8 Å². The Morgan fingerprint density at radius 1 is 1.21 bits per heavy atom. The third-order valence-electron chi connectivity index (χ3n) is 5.62. The summed E-state index contributed by atoms with van der Waals surface area (Å²) in [6, 6.07) is 8.10. The van der Waals surface area contributed by atoms with E-state index in [0.717, 1.165) is 41.5 Å². The number of rotatable bonds is 11. The van der Waals surface area contributed by atoms with E-state index in [0.29, 0.717) is 31.0 Å². The smallest absolute Gasteiger partial charge is 0.326 e. The van der Waals surface area contributed by atoms with Crippen molar-refractivity contribution in [3.63, 3.8) is 0 Å². The molecule has 0 saturated heterocycles. The first-order valence-electron chi connectivity index (χ1n) is 10.9. The molecule has 0 aliphatic heterocycles. The number of ether oxygens (including phenoxy) is 1. The van der Waals surface area contributed by atoms with Crippen LogP contribution in [0.15, 0.2) is 30.3 Å². The summed E-state index contributed by atoms with van der Waals surface area (Å²) in [4.78, 5) is 11.6. The number of thioether (sulfide) groups is 1. The SMILES string of the molecule is CSCC[C@H](Nc1cc2c(cc1F)CCCc1cc(OCCCS(C)(=O)=O)ccc1-2)C(=O)O. The molecule has 0 saturated carbocycles. The number of carboxylic acid groups (broad SMARTS) is 1. The van der Waals surface area contributed by atoms with Gasteiger partial charge in [-0.05, 0) is 90.6 Å². The Kier molecular flexibility index (Phi) is 8.64. The molecule has 2 aromatic rings. The van der Waals surface area contributed by atoms with Crippen molar-refractivity contribution in [2.24, 2.45) is 0 Å². The van der Waals surface area contributed by atoms with E-state index >= 15 is 0 Å². The van der Waals surface area contributed by atoms with Gasteiger partial charge >= 0.3 is 5.97 Å². The average molecular weight is 496 g/mol. The van der Waals surface area contributed by atoms with Gasteiger partial charge in [-0.25, -0.2) is 17.6 Å². The van der Waals surface area contributed by atoms with E-state index in [1.54, 1.807) is 17.8 Å². The standard InChI is InChI=1S/C24H30FNO5S2/c1-32-11-9-22(24(27)28)26-23-15-20-17(14-21(23)25)6-3-5-16-13-18(7-8-19(16)20)31-10-4-12-33(2,29)30/h7-8,13-15,22,26H,3-6,9-12H2,1-2H3,(H,27,28)/t22-/m0/s1. The molecule has 0 radical (unpaired) electrons. The van der Waals surface area contributed by atoms with E-state index in [2.05, 4.69) is 5.32 Å². The lowest BCUT2D eigenvalue weighted by molar-refractivity contribution is -0.137. The summed E-state index contributed by atoms with van der Waals surface area (Å²) in [7, 11) is -3.01. The first-order valence-corrected chi connectivity index (χ1v) is 14.4. The third-order valence-corrected chi connectivity index (χ3v) is 7.29. The molecule has 2 N–H and O–H groups in total. The molecule has 3 rings (SSSR count). The highest BCUT2D eigenvalue weighted by atomic mass is 32.2. The minimum Gasteiger partial charge on any atom is -0.494 e. The zero-order chi connectivity index (χ0) is 24.0. The molecule has 0 bridgehead atoms. The summed E-state index contributed by atoms with van der Waals surface area (Å²) >= 11 is 1.55. The van der Waals surface area contributed by atoms with Crippen molar-refractivity contribution >= 4 is 33.3 Å². The number of benzene rings is 2. The van der Waals surface area contributed by atoms with Gasteiger partial charge < -0.3 is 15.2 Å². The van der Waals surface area contributed by atoms with E-state index in [1.807, 2.05) is 24.5 Å². The number of carboxylic acids is 1. The molecule has 0 aromatic heterocycles. The minimum atomic E-state index is -3.01. The van der Waals surface area contributed by atoms with Gasteiger partial charge in [0.2, 0.25) is 0 Å². The number of carbonyl (C=O) groups is 1. The number of aliphatic carboxylic acids is 1. The maximum absolute atomic E-state index is 14.8. The molecule has 0 amide bonds. The van der Waals surface area contributed by atoms with Crippen molar-refractivity contribution in [2.75, 3.05) is 35.9 Å². The summed E-state index contributed by atoms with van der Waals surface area (Å²) in [5, 5.41) is 12.4. The molecule has 0 spiro atoms. The predicted octanol–water partition coefficient (Wildman–Crippen LogP) is 4.41. The van der Waals surface area contributed by atoms with Crippen LogP contribution in [0, 0.1) is 5.82 Å². The Hall–Kier alpha value is -2.26. The first-order chi connectivity index (χ1) is 15.7. The van der Waals surface area contributed by atoms with Crippen molar-refractivity contribution in [3.8, 4) is 16.9 Å². The monoisotopic (exact) mass is 495 g/mol. The maximum Gasteiger partial charge on any atom is 0.326 e. The molecule has 6 nitrogen and oxygen atoms in total. The summed E-state index contributed by atoms with van der Waals surface area (Å²) < 4.78 is 43.1. The highest BCUT2D eigenvalue weighted by Gasteiger charge is 2.22. The normalized spacial score (nSPS) is 14.0. The number of anilines is 1. The minimum absolute atomic E-state index is 0.0843. The van der Waals surface area contributed by atoms with Crippen molar-refractivity contribution in [1.29, 1.82) is 0 Å². The van der Waals surface area contributed by atoms with Crippen molar-refractivity contribution in [3.05, 3.63) is 47.3 Å². The molecular formula is C24H30FNO5S2. The summed E-state index contributed by atoms with van der Waals surface area (Å²) in [5.74, 6) is -0.0307. The summed E-state index contributed by atoms with van der Waals surface area (Å²) in [6.07, 6.45) is 6.32. The lowest BCUT2D eigenvalue weighted by Gasteiger charge is -2.19. The molecule has 1 aliphatic rings. The van der Waals surface area contributed by atoms with Crippen LogP contribution >= 0.6 is 11.8 Å². The molecule has 1 atom stereocenters. The fourth-order valence-corrected chi connectivity index (χ4v) is 5.09. The van der Waals surface area contributed by atoms with E-state index in [4.69, 9.17) is 4.74 Å². The first kappa shape index (κ1) is 25.4. The second-order valence-corrected chi connectivity index (χ2v) is 11.6. The van der Waals surface area contributed by atoms with E-state index in [1.165, 1.54) is 12.3 Å². The van der Waals surface area contributed by atoms with Gasteiger partial charge in [0.05, 0.1) is 18.0 Å². The number of nitrogens with one attached hydrogen (secondary N) is 1. The van der Waals surface area contributed by atoms with Crippen LogP contribution in [0.1, 0.15) is 30.4 Å². The van der Waals surface area contributed by atoms with Crippen LogP contribution in [-0.4, -0.2) is 56.2 Å². The number of aryl methyl sites for hydroxylation is 2. The second kappa shape index (κ2) is 11.2. The Bertz CT molecular complexity index is 1100. The van der Waals surface area contributed by atoms with Crippen LogP contribution < -0.4 is 10.1 Å². The van der Waals surface area contributed by atoms with Crippen molar-refractivity contribution in [2.45, 2.75) is 38.1 Å². The summed E-state index contributed by atoms with van der Waals surface area (Å²) in [5.41, 5.74) is 4.03. The van der Waals surface area contributed by atoms with Crippen LogP contribution in [0.3, 0.4) is 0 Å². The van der Waals surface area contributed by atoms with Crippen LogP contribution in [0.2, 0.25) is 0 Å². The lowest BCUT2D eigenvalue weighted by atomic mass is 9.95. The quantitative estimate of drug-likeness (QED) is 0.446. The van der Waals surface area contributed by atoms with Gasteiger partial charge in [0, 0.05) is 6.26 Å². The van der Waals surface area contributed by atoms with Gasteiger partial charge in [-0.3, -0.25) is 0 Å². The maximum atomic E-state index is 14.8. The van der Waals surface area contributed by atoms with Gasteiger partial charge in [0.25, 0.3) is 0 Å². The lowest BCUT2D eigenvalue weighted by Crippen LogP contribution is -2.30. The van der Waals surface area contributed by atoms with Gasteiger partial charge in [0.15, 0.2) is 0 Å². The van der Waals surface area contributed by atoms with E-state index in [9.17, 15) is 22.7 Å². The molecule has 0 heterocycles. The Morgan fingerprint density at radius 2 is 1.94 bits per heavy atom. The Balaban J connectivity index is 1.84. The van der Waals surface area contributed by atoms with Crippen LogP contribution in [-0.2, 0) is 27.5 Å². The van der Waals surface area contributed by atoms with Gasteiger partial charge in [0.1, 0.15) is 27.4 Å². The largest absolute Gasteiger partial charge is 0.494 e. The zero-order valence-corrected chi connectivity index (χ0v) is 20.5. The van der Waals surface area contributed by atoms with Gasteiger partial charge in [-0.1, -0.05) is 6.07 Å². The Labute approximate surface area is 198 Å². The van der Waals surface area contributed by atoms with Crippen LogP contribution in [0.25, 0.3) is 11.1 Å². The van der Waals surface area contributed by atoms with E-state index in [-0.39, 0.29) is 11.4 Å². The fraction of sp³-hybridized carbons (Fsp3) is 0.458. The van der Waals surface area contributed by atoms with Crippen molar-refractivity contribution < 1.29 is 27.4 Å². The number of hydrogen-bond donors (Lipinski definition) is 2. The fourth-order valence-electron chi connectivity index (χ4n) is 3.97. The number of fused-ring (bicyclic) bond motifs is 3. The highest BCUT2D eigenvalue weighted by Crippen LogP contribution is 2.37. The molecule has 180 valence electrons. The molecule has 33 heavy (non-hydrogen) atoms. The number of sulfone groups is 1. The Morgan fingerprint density at radius 3 is 2.61 bits per heavy atom. The molecule has 1 aliphatic carbocycles. The molecule has 0 unspecified atom stereocenters. The molecule has 9 heteroatoms. The predicted molar refractivity (Wildman–Crippen MR) is 132 cm³/mol. The summed E-state index contributed by atoms with van der Waals surface area (Å²) in [6.45, 7) is 0.314. The van der Waals surface area contributed by atoms with Crippen molar-refractivity contribution in [1.82, 2.24) is 0 Å². The zero-order valence-electron chi connectivity index (χ0n) is 18.9. The van der Waals surface area contributed by atoms with Crippen LogP contribution in [0.5, 0.6) is 5.75 Å². The molecular weight excluding hydrogens is 465 g/mol. The molecule has 0 fully saturated rings. The topological polar surface area (TPSA) is 92.7 Å². The van der Waals surface area contributed by atoms with Gasteiger partial charge in [-0.15, -0.1) is 0 Å². The average Bonchev–Trinajstić information content (AvgIpc) is 2.91. The highest BCUT2D eigenvalue weighted by molar-refractivity contribution is 7.98. The van der Waals surface area contributed by atoms with E-state index < -0.39 is 27.7 Å². The molecule has 2 aromatic carbocycles. The number of hydrogen-bond acceptors (Lipinski definition) is 6. The second-order valence-electron chi connectivity index (χ2n) is 8.31. The number of halogens is 1. The van der Waals surface area contributed by atoms with Crippen LogP contribution in [0.4, 0.5) is 10.1 Å².